The molecule has 7 atom stereocenters. The summed E-state index contributed by atoms with van der Waals surface area (Å²) in [6, 6.07) is 7.29. The number of urea groups is 1. The summed E-state index contributed by atoms with van der Waals surface area (Å²) >= 11 is 0. The van der Waals surface area contributed by atoms with Crippen molar-refractivity contribution in [2.45, 2.75) is 87.9 Å². The number of anilines is 1. The number of ketones is 3. The van der Waals surface area contributed by atoms with Crippen molar-refractivity contribution in [2.75, 3.05) is 25.8 Å². The molecule has 3 amide bonds. The van der Waals surface area contributed by atoms with Crippen molar-refractivity contribution in [3.8, 4) is 17.2 Å². The number of methoxy groups -OCH3 is 1. The number of Topliss-reactive ketones (excluding diaryl/α,β-unsaturated/α-hetero) is 1. The minimum absolute atomic E-state index is 0.0452. The Hall–Kier alpha value is -6.65. The third-order valence-electron chi connectivity index (χ3n) is 11.6. The first-order chi connectivity index (χ1) is 30.0. The standard InChI is InChI=1S/C42H43N3O18/c1-18-38-24(45(17-61-38)41(57)60-16-19-6-8-20(9-7-19)43-40(56)44-23(39(54)55)10-11-28(48)49)12-29(62-18)63-26-14-42(58,27(47)15-46)13-22-31(26)37(53)33-32(35(22)51)34(50)21-4-3-5-25(59-2)30(21)36(33)52/h3-9,18,23-24,26,29,38,46,51,53,58H,10-17H2,1-2H3,(H,48,49)(H,54,55)(H2,43,44,56)/t18-,23?,24-,26?,29-,38+,42-/m0/s1. The second-order valence-corrected chi connectivity index (χ2v) is 15.5. The molecular weight excluding hydrogens is 834 g/mol. The van der Waals surface area contributed by atoms with E-state index in [0.29, 0.717) is 5.56 Å². The second-order valence-electron chi connectivity index (χ2n) is 15.5. The fourth-order valence-electron chi connectivity index (χ4n) is 8.45. The zero-order valence-electron chi connectivity index (χ0n) is 33.7. The maximum atomic E-state index is 14.0. The van der Waals surface area contributed by atoms with Crippen molar-refractivity contribution in [1.29, 1.82) is 0 Å². The second kappa shape index (κ2) is 17.6. The lowest BCUT2D eigenvalue weighted by molar-refractivity contribution is -0.246. The number of aliphatic carboxylic acids is 2. The van der Waals surface area contributed by atoms with Crippen molar-refractivity contribution in [1.82, 2.24) is 10.2 Å². The van der Waals surface area contributed by atoms with E-state index in [4.69, 9.17) is 28.8 Å². The minimum Gasteiger partial charge on any atom is -0.507 e. The fourth-order valence-corrected chi connectivity index (χ4v) is 8.45. The van der Waals surface area contributed by atoms with Gasteiger partial charge in [0.15, 0.2) is 17.9 Å². The Kier molecular flexibility index (Phi) is 12.4. The van der Waals surface area contributed by atoms with E-state index in [-0.39, 0.29) is 59.9 Å². The van der Waals surface area contributed by atoms with Gasteiger partial charge in [-0.2, -0.15) is 0 Å². The van der Waals surface area contributed by atoms with E-state index in [0.717, 1.165) is 0 Å². The Morgan fingerprint density at radius 2 is 1.70 bits per heavy atom. The number of hydrogen-bond donors (Lipinski definition) is 8. The highest BCUT2D eigenvalue weighted by molar-refractivity contribution is 6.31. The van der Waals surface area contributed by atoms with E-state index in [1.807, 2.05) is 0 Å². The van der Waals surface area contributed by atoms with E-state index < -0.39 is 132 Å². The monoisotopic (exact) mass is 877 g/mol. The summed E-state index contributed by atoms with van der Waals surface area (Å²) in [4.78, 5) is 90.2. The number of hydrogen-bond acceptors (Lipinski definition) is 16. The number of nitrogens with one attached hydrogen (secondary N) is 2. The largest absolute Gasteiger partial charge is 0.507 e. The van der Waals surface area contributed by atoms with Crippen LogP contribution in [0.1, 0.15) is 87.2 Å². The molecule has 2 unspecified atom stereocenters. The van der Waals surface area contributed by atoms with Crippen LogP contribution in [0.15, 0.2) is 42.5 Å². The topological polar surface area (TPSA) is 314 Å². The number of aliphatic hydroxyl groups is 2. The number of phenols is 2. The van der Waals surface area contributed by atoms with Crippen molar-refractivity contribution in [2.24, 2.45) is 0 Å². The zero-order valence-corrected chi connectivity index (χ0v) is 33.7. The summed E-state index contributed by atoms with van der Waals surface area (Å²) in [6.45, 7) is 0.142. The molecule has 2 aliphatic heterocycles. The van der Waals surface area contributed by atoms with Gasteiger partial charge in [-0.3, -0.25) is 24.1 Å². The molecule has 2 aliphatic carbocycles. The maximum absolute atomic E-state index is 14.0. The van der Waals surface area contributed by atoms with Crippen molar-refractivity contribution in [3.63, 3.8) is 0 Å². The van der Waals surface area contributed by atoms with Crippen LogP contribution in [0, 0.1) is 0 Å². The smallest absolute Gasteiger partial charge is 0.412 e. The number of aliphatic hydroxyl groups excluding tert-OH is 1. The summed E-state index contributed by atoms with van der Waals surface area (Å²) in [5.41, 5.74) is -3.38. The molecule has 0 bridgehead atoms. The Labute approximate surface area is 357 Å². The third-order valence-corrected chi connectivity index (χ3v) is 11.6. The molecule has 21 nitrogen and oxygen atoms in total. The number of nitrogens with zero attached hydrogens (tertiary/aromatic N) is 1. The van der Waals surface area contributed by atoms with E-state index in [1.54, 1.807) is 19.1 Å². The molecule has 0 radical (unpaired) electrons. The first kappa shape index (κ1) is 44.4. The number of aromatic hydroxyl groups is 2. The molecule has 0 spiro atoms. The van der Waals surface area contributed by atoms with Gasteiger partial charge in [0, 0.05) is 48.1 Å². The predicted octanol–water partition coefficient (Wildman–Crippen LogP) is 2.12. The molecule has 3 aromatic carbocycles. The van der Waals surface area contributed by atoms with Crippen LogP contribution in [0.5, 0.6) is 17.2 Å². The highest BCUT2D eigenvalue weighted by Gasteiger charge is 2.52. The van der Waals surface area contributed by atoms with Crippen LogP contribution in [0.25, 0.3) is 0 Å². The van der Waals surface area contributed by atoms with Crippen molar-refractivity contribution in [3.05, 3.63) is 81.4 Å². The summed E-state index contributed by atoms with van der Waals surface area (Å²) in [6.07, 6.45) is -6.95. The average Bonchev–Trinajstić information content (AvgIpc) is 3.69. The van der Waals surface area contributed by atoms with Gasteiger partial charge >= 0.3 is 24.1 Å². The molecule has 4 aliphatic rings. The van der Waals surface area contributed by atoms with Crippen molar-refractivity contribution >= 4 is 47.1 Å². The number of ether oxygens (including phenoxy) is 5. The number of carboxylic acids is 2. The molecular formula is C42H43N3O18. The van der Waals surface area contributed by atoms with Gasteiger partial charge in [0.05, 0.1) is 42.0 Å². The first-order valence-corrected chi connectivity index (χ1v) is 19.7. The van der Waals surface area contributed by atoms with E-state index in [9.17, 15) is 59.1 Å². The van der Waals surface area contributed by atoms with Gasteiger partial charge in [0.1, 0.15) is 54.9 Å². The first-order valence-electron chi connectivity index (χ1n) is 19.7. The van der Waals surface area contributed by atoms with E-state index in [1.165, 1.54) is 42.3 Å². The fraction of sp³-hybridized carbons (Fsp3) is 0.405. The summed E-state index contributed by atoms with van der Waals surface area (Å²) in [5.74, 6) is -6.77. The van der Waals surface area contributed by atoms with Crippen LogP contribution >= 0.6 is 0 Å². The van der Waals surface area contributed by atoms with E-state index >= 15 is 0 Å². The lowest BCUT2D eigenvalue weighted by Crippen LogP contribution is -2.52. The Bertz CT molecular complexity index is 2390. The molecule has 3 aromatic rings. The van der Waals surface area contributed by atoms with Crippen LogP contribution in [-0.2, 0) is 46.4 Å². The molecule has 0 aromatic heterocycles. The molecule has 0 saturated carbocycles. The average molecular weight is 878 g/mol. The molecule has 63 heavy (non-hydrogen) atoms. The molecule has 7 rings (SSSR count). The Balaban J connectivity index is 1.06. The number of rotatable bonds is 13. The maximum Gasteiger partial charge on any atom is 0.412 e. The molecule has 2 saturated heterocycles. The van der Waals surface area contributed by atoms with E-state index in [2.05, 4.69) is 10.6 Å². The lowest BCUT2D eigenvalue weighted by Gasteiger charge is -2.42. The molecule has 2 heterocycles. The molecule has 21 heteroatoms. The van der Waals surface area contributed by atoms with Crippen molar-refractivity contribution < 1.29 is 87.9 Å². The third kappa shape index (κ3) is 8.47. The van der Waals surface area contributed by atoms with Crippen LogP contribution in [0.2, 0.25) is 0 Å². The number of benzene rings is 3. The summed E-state index contributed by atoms with van der Waals surface area (Å²) < 4.78 is 29.2. The number of carboxylic acid groups (broad SMARTS) is 2. The van der Waals surface area contributed by atoms with Gasteiger partial charge in [-0.25, -0.2) is 14.4 Å². The van der Waals surface area contributed by atoms with Crippen LogP contribution in [0.4, 0.5) is 15.3 Å². The minimum atomic E-state index is -2.37. The number of fused-ring (bicyclic) bond motifs is 4. The van der Waals surface area contributed by atoms with Crippen LogP contribution < -0.4 is 15.4 Å². The Morgan fingerprint density at radius 3 is 2.37 bits per heavy atom. The van der Waals surface area contributed by atoms with Gasteiger partial charge < -0.3 is 65.0 Å². The number of amides is 3. The zero-order chi connectivity index (χ0) is 45.5. The Morgan fingerprint density at radius 1 is 0.984 bits per heavy atom. The van der Waals surface area contributed by atoms with Crippen LogP contribution in [-0.4, -0.2) is 134 Å². The quantitative estimate of drug-likeness (QED) is 0.0892. The summed E-state index contributed by atoms with van der Waals surface area (Å²) in [5, 5.41) is 67.7. The predicted molar refractivity (Wildman–Crippen MR) is 210 cm³/mol. The normalized spacial score (nSPS) is 23.9. The highest BCUT2D eigenvalue weighted by atomic mass is 16.7. The molecule has 8 N–H and O–H groups in total. The van der Waals surface area contributed by atoms with Gasteiger partial charge in [-0.15, -0.1) is 0 Å². The van der Waals surface area contributed by atoms with Gasteiger partial charge in [-0.05, 0) is 37.1 Å². The highest BCUT2D eigenvalue weighted by Crippen LogP contribution is 2.53. The van der Waals surface area contributed by atoms with Gasteiger partial charge in [0.25, 0.3) is 0 Å². The number of phenolic OH excluding ortho intramolecular Hbond substituents is 2. The molecule has 334 valence electrons. The summed E-state index contributed by atoms with van der Waals surface area (Å²) in [7, 11) is 1.30. The molecule has 2 fully saturated rings. The SMILES string of the molecule is COc1cccc2c1C(=O)c1c(O)c3c(c(O)c1C2=O)C[C@@](O)(C(=O)CO)CC3O[C@H]1C[C@H]2[C@H](OCN2C(=O)OCc2ccc(NC(=O)NC(CCC(=O)O)C(=O)O)cc2)[C@H](C)O1. The lowest BCUT2D eigenvalue weighted by atomic mass is 9.72. The van der Waals surface area contributed by atoms with Gasteiger partial charge in [0.2, 0.25) is 5.78 Å². The van der Waals surface area contributed by atoms with Crippen LogP contribution in [0.3, 0.4) is 0 Å². The van der Waals surface area contributed by atoms with Gasteiger partial charge in [-0.1, -0.05) is 24.3 Å². The number of carbonyl (C=O) groups is 7. The number of carbonyl (C=O) groups excluding carboxylic acids is 5.